The van der Waals surface area contributed by atoms with Crippen LogP contribution in [0.3, 0.4) is 0 Å². The Labute approximate surface area is 150 Å². The second-order valence-electron chi connectivity index (χ2n) is 6.84. The maximum atomic E-state index is 13.2. The van der Waals surface area contributed by atoms with Gasteiger partial charge in [-0.05, 0) is 57.2 Å². The van der Waals surface area contributed by atoms with Crippen LogP contribution < -0.4 is 0 Å². The predicted octanol–water partition coefficient (Wildman–Crippen LogP) is 3.69. The number of benzene rings is 1. The molecule has 0 aliphatic heterocycles. The molecule has 0 N–H and O–H groups in total. The van der Waals surface area contributed by atoms with E-state index in [1.807, 2.05) is 12.1 Å². The fraction of sp³-hybridized carbons (Fsp3) is 0.263. The van der Waals surface area contributed by atoms with Crippen molar-refractivity contribution >= 4 is 5.97 Å². The zero-order valence-electron chi connectivity index (χ0n) is 14.8. The number of halogens is 1. The minimum absolute atomic E-state index is 0.0675. The van der Waals surface area contributed by atoms with Gasteiger partial charge in [-0.15, -0.1) is 5.10 Å². The molecule has 0 bridgehead atoms. The number of rotatable bonds is 4. The summed E-state index contributed by atoms with van der Waals surface area (Å²) < 4.78 is 20.1. The van der Waals surface area contributed by atoms with Crippen molar-refractivity contribution in [3.05, 3.63) is 54.6 Å². The van der Waals surface area contributed by atoms with Crippen LogP contribution in [0.2, 0.25) is 0 Å². The van der Waals surface area contributed by atoms with E-state index in [-0.39, 0.29) is 18.5 Å². The summed E-state index contributed by atoms with van der Waals surface area (Å²) >= 11 is 0. The number of carbonyl (C=O) groups excluding carboxylic acids is 1. The summed E-state index contributed by atoms with van der Waals surface area (Å²) in [4.78, 5) is 16.1. The number of pyridine rings is 1. The lowest BCUT2D eigenvalue weighted by Gasteiger charge is -2.17. The standard InChI is InChI=1S/C19H19FN4O2/c1-19(2,3)18(25)26-12-24-17(14-8-10-21-11-9-14)16(22-23-24)13-4-6-15(20)7-5-13/h4-11H,12H2,1-3H3. The molecule has 3 rings (SSSR count). The Hall–Kier alpha value is -3.09. The second kappa shape index (κ2) is 7.03. The molecule has 0 saturated carbocycles. The fourth-order valence-electron chi connectivity index (χ4n) is 2.34. The van der Waals surface area contributed by atoms with E-state index in [1.165, 1.54) is 16.8 Å². The monoisotopic (exact) mass is 354 g/mol. The molecule has 6 nitrogen and oxygen atoms in total. The first-order valence-electron chi connectivity index (χ1n) is 8.13. The molecule has 26 heavy (non-hydrogen) atoms. The zero-order valence-corrected chi connectivity index (χ0v) is 14.8. The lowest BCUT2D eigenvalue weighted by molar-refractivity contribution is -0.157. The third-order valence-electron chi connectivity index (χ3n) is 3.74. The number of carbonyl (C=O) groups is 1. The van der Waals surface area contributed by atoms with Crippen molar-refractivity contribution in [3.8, 4) is 22.5 Å². The summed E-state index contributed by atoms with van der Waals surface area (Å²) in [6.07, 6.45) is 3.31. The highest BCUT2D eigenvalue weighted by atomic mass is 19.1. The number of hydrogen-bond acceptors (Lipinski definition) is 5. The largest absolute Gasteiger partial charge is 0.442 e. The van der Waals surface area contributed by atoms with Crippen LogP contribution in [-0.2, 0) is 16.3 Å². The zero-order chi connectivity index (χ0) is 18.7. The van der Waals surface area contributed by atoms with Gasteiger partial charge in [-0.3, -0.25) is 9.78 Å². The molecule has 7 heteroatoms. The van der Waals surface area contributed by atoms with Crippen LogP contribution in [0, 0.1) is 11.2 Å². The van der Waals surface area contributed by atoms with Gasteiger partial charge in [0.05, 0.1) is 5.41 Å². The molecule has 0 aliphatic carbocycles. The lowest BCUT2D eigenvalue weighted by Crippen LogP contribution is -2.24. The van der Waals surface area contributed by atoms with Gasteiger partial charge >= 0.3 is 5.97 Å². The highest BCUT2D eigenvalue weighted by Crippen LogP contribution is 2.30. The molecule has 134 valence electrons. The van der Waals surface area contributed by atoms with Crippen LogP contribution in [0.5, 0.6) is 0 Å². The molecule has 2 heterocycles. The Kier molecular flexibility index (Phi) is 4.79. The van der Waals surface area contributed by atoms with E-state index in [4.69, 9.17) is 4.74 Å². The smallest absolute Gasteiger partial charge is 0.313 e. The van der Waals surface area contributed by atoms with E-state index >= 15 is 0 Å². The van der Waals surface area contributed by atoms with Crippen molar-refractivity contribution < 1.29 is 13.9 Å². The number of aromatic nitrogens is 4. The van der Waals surface area contributed by atoms with E-state index < -0.39 is 5.41 Å². The number of ether oxygens (including phenoxy) is 1. The molecular formula is C19H19FN4O2. The summed E-state index contributed by atoms with van der Waals surface area (Å²) in [5.41, 5.74) is 2.16. The minimum Gasteiger partial charge on any atom is -0.442 e. The van der Waals surface area contributed by atoms with Gasteiger partial charge in [0.25, 0.3) is 0 Å². The van der Waals surface area contributed by atoms with E-state index in [9.17, 15) is 9.18 Å². The quantitative estimate of drug-likeness (QED) is 0.668. The summed E-state index contributed by atoms with van der Waals surface area (Å²) in [6.45, 7) is 5.28. The normalized spacial score (nSPS) is 11.4. The maximum absolute atomic E-state index is 13.2. The molecule has 0 aliphatic rings. The minimum atomic E-state index is -0.614. The van der Waals surface area contributed by atoms with Gasteiger partial charge in [-0.2, -0.15) is 0 Å². The van der Waals surface area contributed by atoms with Gasteiger partial charge in [-0.25, -0.2) is 9.07 Å². The molecule has 0 amide bonds. The Morgan fingerprint density at radius 1 is 1.08 bits per heavy atom. The van der Waals surface area contributed by atoms with E-state index in [0.29, 0.717) is 17.0 Å². The van der Waals surface area contributed by atoms with Crippen molar-refractivity contribution in [1.82, 2.24) is 20.0 Å². The first-order chi connectivity index (χ1) is 12.4. The summed E-state index contributed by atoms with van der Waals surface area (Å²) in [5, 5.41) is 8.33. The van der Waals surface area contributed by atoms with Gasteiger partial charge in [-0.1, -0.05) is 5.21 Å². The molecule has 0 radical (unpaired) electrons. The molecule has 1 aromatic carbocycles. The van der Waals surface area contributed by atoms with Gasteiger partial charge in [0, 0.05) is 23.5 Å². The third kappa shape index (κ3) is 3.77. The second-order valence-corrected chi connectivity index (χ2v) is 6.84. The Morgan fingerprint density at radius 3 is 2.35 bits per heavy atom. The number of esters is 1. The molecule has 0 atom stereocenters. The van der Waals surface area contributed by atoms with Crippen LogP contribution in [-0.4, -0.2) is 25.9 Å². The van der Waals surface area contributed by atoms with E-state index in [2.05, 4.69) is 15.3 Å². The third-order valence-corrected chi connectivity index (χ3v) is 3.74. The van der Waals surface area contributed by atoms with Crippen LogP contribution in [0.25, 0.3) is 22.5 Å². The summed E-state index contributed by atoms with van der Waals surface area (Å²) in [6, 6.07) is 9.63. The van der Waals surface area contributed by atoms with E-state index in [1.54, 1.807) is 45.3 Å². The van der Waals surface area contributed by atoms with Crippen LogP contribution in [0.1, 0.15) is 20.8 Å². The highest BCUT2D eigenvalue weighted by molar-refractivity contribution is 5.78. The van der Waals surface area contributed by atoms with Crippen LogP contribution in [0.4, 0.5) is 4.39 Å². The molecule has 0 spiro atoms. The molecule has 0 fully saturated rings. The molecule has 3 aromatic rings. The van der Waals surface area contributed by atoms with Crippen molar-refractivity contribution in [2.45, 2.75) is 27.5 Å². The maximum Gasteiger partial charge on any atom is 0.313 e. The van der Waals surface area contributed by atoms with Crippen LogP contribution in [0.15, 0.2) is 48.8 Å². The first kappa shape index (κ1) is 17.7. The van der Waals surface area contributed by atoms with Crippen molar-refractivity contribution in [3.63, 3.8) is 0 Å². The fourth-order valence-corrected chi connectivity index (χ4v) is 2.34. The summed E-state index contributed by atoms with van der Waals surface area (Å²) in [5.74, 6) is -0.664. The topological polar surface area (TPSA) is 69.9 Å². The average Bonchev–Trinajstić information content (AvgIpc) is 3.04. The van der Waals surface area contributed by atoms with Gasteiger partial charge in [0.1, 0.15) is 17.2 Å². The molecule has 2 aromatic heterocycles. The Bertz CT molecular complexity index is 900. The SMILES string of the molecule is CC(C)(C)C(=O)OCn1nnc(-c2ccc(F)cc2)c1-c1ccncc1. The van der Waals surface area contributed by atoms with Crippen molar-refractivity contribution in [1.29, 1.82) is 0 Å². The van der Waals surface area contributed by atoms with E-state index in [0.717, 1.165) is 5.56 Å². The molecule has 0 unspecified atom stereocenters. The summed E-state index contributed by atoms with van der Waals surface area (Å²) in [7, 11) is 0. The predicted molar refractivity (Wildman–Crippen MR) is 94.2 cm³/mol. The average molecular weight is 354 g/mol. The van der Waals surface area contributed by atoms with Gasteiger partial charge < -0.3 is 4.74 Å². The van der Waals surface area contributed by atoms with Gasteiger partial charge in [0.15, 0.2) is 6.73 Å². The lowest BCUT2D eigenvalue weighted by atomic mass is 9.98. The van der Waals surface area contributed by atoms with Gasteiger partial charge in [0.2, 0.25) is 0 Å². The van der Waals surface area contributed by atoms with Crippen molar-refractivity contribution in [2.24, 2.45) is 5.41 Å². The molecule has 0 saturated heterocycles. The molecular weight excluding hydrogens is 335 g/mol. The number of nitrogens with zero attached hydrogens (tertiary/aromatic N) is 4. The van der Waals surface area contributed by atoms with Crippen LogP contribution >= 0.6 is 0 Å². The van der Waals surface area contributed by atoms with Crippen molar-refractivity contribution in [2.75, 3.05) is 0 Å². The Morgan fingerprint density at radius 2 is 1.73 bits per heavy atom. The first-order valence-corrected chi connectivity index (χ1v) is 8.13. The Balaban J connectivity index is 2.00. The highest BCUT2D eigenvalue weighted by Gasteiger charge is 2.24. The number of hydrogen-bond donors (Lipinski definition) is 0.